The molecule has 3 heterocycles. The third-order valence-corrected chi connectivity index (χ3v) is 10.2. The van der Waals surface area contributed by atoms with Crippen LogP contribution in [0.15, 0.2) is 0 Å². The van der Waals surface area contributed by atoms with E-state index < -0.39 is 0 Å². The summed E-state index contributed by atoms with van der Waals surface area (Å²) in [5.74, 6) is 2.70. The summed E-state index contributed by atoms with van der Waals surface area (Å²) in [6.45, 7) is 9.17. The molecule has 5 fully saturated rings. The van der Waals surface area contributed by atoms with Crippen LogP contribution in [0, 0.1) is 17.8 Å². The van der Waals surface area contributed by atoms with E-state index in [9.17, 15) is 4.79 Å². The summed E-state index contributed by atoms with van der Waals surface area (Å²) in [6.07, 6.45) is 16.7. The highest BCUT2D eigenvalue weighted by molar-refractivity contribution is 5.76. The highest BCUT2D eigenvalue weighted by atomic mass is 16.5. The second-order valence-electron chi connectivity index (χ2n) is 12.4. The predicted octanol–water partition coefficient (Wildman–Crippen LogP) is 3.75. The molecule has 2 aliphatic carbocycles. The topological polar surface area (TPSA) is 48.1 Å². The Morgan fingerprint density at radius 1 is 0.800 bits per heavy atom. The SMILES string of the molecule is COC1CCC2CCCNC2C1N1CCCN(CC2CCN(C(=O)CC3CCCCC3)CC2)CC1. The second kappa shape index (κ2) is 12.7. The molecule has 200 valence electrons. The maximum Gasteiger partial charge on any atom is 0.222 e. The fraction of sp³-hybridized carbons (Fsp3) is 0.966. The Hall–Kier alpha value is -0.690. The molecule has 0 aromatic heterocycles. The largest absolute Gasteiger partial charge is 0.380 e. The summed E-state index contributed by atoms with van der Waals surface area (Å²) in [6, 6.07) is 1.15. The number of piperidine rings is 2. The van der Waals surface area contributed by atoms with Gasteiger partial charge in [0.1, 0.15) is 0 Å². The van der Waals surface area contributed by atoms with Crippen LogP contribution in [0.1, 0.15) is 83.5 Å². The highest BCUT2D eigenvalue weighted by Crippen LogP contribution is 2.35. The number of hydrogen-bond acceptors (Lipinski definition) is 5. The zero-order chi connectivity index (χ0) is 24.0. The van der Waals surface area contributed by atoms with Crippen molar-refractivity contribution in [3.8, 4) is 0 Å². The van der Waals surface area contributed by atoms with Gasteiger partial charge in [-0.15, -0.1) is 0 Å². The smallest absolute Gasteiger partial charge is 0.222 e. The van der Waals surface area contributed by atoms with Crippen LogP contribution in [-0.2, 0) is 9.53 Å². The number of ether oxygens (including phenoxy) is 1. The fourth-order valence-corrected chi connectivity index (χ4v) is 8.17. The van der Waals surface area contributed by atoms with Crippen molar-refractivity contribution < 1.29 is 9.53 Å². The molecule has 4 unspecified atom stereocenters. The first kappa shape index (κ1) is 25.9. The Morgan fingerprint density at radius 2 is 1.63 bits per heavy atom. The lowest BCUT2D eigenvalue weighted by Crippen LogP contribution is -2.63. The number of nitrogens with one attached hydrogen (secondary N) is 1. The van der Waals surface area contributed by atoms with Crippen molar-refractivity contribution in [1.82, 2.24) is 20.0 Å². The highest BCUT2D eigenvalue weighted by Gasteiger charge is 2.43. The molecule has 6 nitrogen and oxygen atoms in total. The lowest BCUT2D eigenvalue weighted by Gasteiger charge is -2.49. The molecule has 2 saturated carbocycles. The van der Waals surface area contributed by atoms with Crippen molar-refractivity contribution in [2.75, 3.05) is 59.5 Å². The van der Waals surface area contributed by atoms with Gasteiger partial charge in [-0.1, -0.05) is 19.3 Å². The molecule has 3 aliphatic heterocycles. The number of carbonyl (C=O) groups is 1. The van der Waals surface area contributed by atoms with E-state index in [1.165, 1.54) is 116 Å². The molecular weight excluding hydrogens is 436 g/mol. The van der Waals surface area contributed by atoms with Crippen molar-refractivity contribution in [3.05, 3.63) is 0 Å². The van der Waals surface area contributed by atoms with Crippen LogP contribution in [0.5, 0.6) is 0 Å². The molecule has 4 atom stereocenters. The van der Waals surface area contributed by atoms with Gasteiger partial charge in [-0.2, -0.15) is 0 Å². The fourth-order valence-electron chi connectivity index (χ4n) is 8.17. The maximum atomic E-state index is 12.8. The number of methoxy groups -OCH3 is 1. The first-order valence-electron chi connectivity index (χ1n) is 15.2. The van der Waals surface area contributed by atoms with Crippen molar-refractivity contribution in [2.24, 2.45) is 17.8 Å². The number of nitrogens with zero attached hydrogens (tertiary/aromatic N) is 3. The van der Waals surface area contributed by atoms with E-state index in [0.717, 1.165) is 31.3 Å². The molecule has 3 saturated heterocycles. The average Bonchev–Trinajstić information content (AvgIpc) is 3.14. The zero-order valence-electron chi connectivity index (χ0n) is 22.5. The normalized spacial score (nSPS) is 34.9. The minimum Gasteiger partial charge on any atom is -0.380 e. The Labute approximate surface area is 214 Å². The lowest BCUT2D eigenvalue weighted by atomic mass is 9.74. The average molecular weight is 489 g/mol. The summed E-state index contributed by atoms with van der Waals surface area (Å²) in [5.41, 5.74) is 0. The van der Waals surface area contributed by atoms with Crippen molar-refractivity contribution in [2.45, 2.75) is 102 Å². The van der Waals surface area contributed by atoms with E-state index in [1.54, 1.807) is 0 Å². The van der Waals surface area contributed by atoms with Gasteiger partial charge in [-0.05, 0) is 95.2 Å². The predicted molar refractivity (Wildman–Crippen MR) is 141 cm³/mol. The molecule has 0 bridgehead atoms. The number of carbonyl (C=O) groups excluding carboxylic acids is 1. The van der Waals surface area contributed by atoms with Gasteiger partial charge in [-0.3, -0.25) is 9.69 Å². The minimum atomic E-state index is 0.379. The zero-order valence-corrected chi connectivity index (χ0v) is 22.5. The van der Waals surface area contributed by atoms with E-state index in [-0.39, 0.29) is 0 Å². The quantitative estimate of drug-likeness (QED) is 0.617. The van der Waals surface area contributed by atoms with Gasteiger partial charge in [-0.25, -0.2) is 0 Å². The van der Waals surface area contributed by atoms with Crippen LogP contribution in [0.3, 0.4) is 0 Å². The summed E-state index contributed by atoms with van der Waals surface area (Å²) < 4.78 is 6.04. The van der Waals surface area contributed by atoms with Crippen LogP contribution in [-0.4, -0.2) is 98.3 Å². The van der Waals surface area contributed by atoms with Crippen LogP contribution in [0.4, 0.5) is 0 Å². The molecule has 35 heavy (non-hydrogen) atoms. The van der Waals surface area contributed by atoms with Crippen LogP contribution >= 0.6 is 0 Å². The number of amides is 1. The minimum absolute atomic E-state index is 0.379. The molecule has 5 aliphatic rings. The third-order valence-electron chi connectivity index (χ3n) is 10.2. The summed E-state index contributed by atoms with van der Waals surface area (Å²) in [4.78, 5) is 20.6. The first-order chi connectivity index (χ1) is 17.2. The molecule has 6 heteroatoms. The maximum absolute atomic E-state index is 12.8. The van der Waals surface area contributed by atoms with E-state index in [0.29, 0.717) is 30.0 Å². The van der Waals surface area contributed by atoms with Crippen LogP contribution < -0.4 is 5.32 Å². The molecule has 0 aromatic carbocycles. The van der Waals surface area contributed by atoms with Gasteiger partial charge in [0.25, 0.3) is 0 Å². The number of rotatable bonds is 6. The Bertz CT molecular complexity index is 661. The third kappa shape index (κ3) is 6.61. The van der Waals surface area contributed by atoms with E-state index in [2.05, 4.69) is 20.0 Å². The summed E-state index contributed by atoms with van der Waals surface area (Å²) in [7, 11) is 1.93. The number of hydrogen-bond donors (Lipinski definition) is 1. The Morgan fingerprint density at radius 3 is 2.43 bits per heavy atom. The monoisotopic (exact) mass is 488 g/mol. The summed E-state index contributed by atoms with van der Waals surface area (Å²) in [5, 5.41) is 3.90. The van der Waals surface area contributed by atoms with Crippen molar-refractivity contribution >= 4 is 5.91 Å². The van der Waals surface area contributed by atoms with Gasteiger partial charge in [0.2, 0.25) is 5.91 Å². The molecular formula is C29H52N4O2. The first-order valence-corrected chi connectivity index (χ1v) is 15.2. The summed E-state index contributed by atoms with van der Waals surface area (Å²) >= 11 is 0. The molecule has 0 radical (unpaired) electrons. The van der Waals surface area contributed by atoms with E-state index in [1.807, 2.05) is 7.11 Å². The number of likely N-dealkylation sites (tertiary alicyclic amines) is 1. The van der Waals surface area contributed by atoms with Gasteiger partial charge >= 0.3 is 0 Å². The lowest BCUT2D eigenvalue weighted by molar-refractivity contribution is -0.133. The molecule has 5 rings (SSSR count). The molecule has 1 N–H and O–H groups in total. The Balaban J connectivity index is 1.07. The Kier molecular flexibility index (Phi) is 9.42. The molecule has 1 amide bonds. The molecule has 0 spiro atoms. The van der Waals surface area contributed by atoms with Gasteiger partial charge in [0.05, 0.1) is 12.1 Å². The van der Waals surface area contributed by atoms with Crippen LogP contribution in [0.25, 0.3) is 0 Å². The van der Waals surface area contributed by atoms with E-state index >= 15 is 0 Å². The number of fused-ring (bicyclic) bond motifs is 1. The van der Waals surface area contributed by atoms with Gasteiger partial charge in [0.15, 0.2) is 0 Å². The standard InChI is InChI=1S/C29H52N4O2/c1-35-26-11-10-25-9-5-14-30-28(25)29(26)33-16-6-15-31(19-20-33)22-24-12-17-32(18-13-24)27(34)21-23-7-3-2-4-8-23/h23-26,28-30H,2-22H2,1H3. The molecule has 0 aromatic rings. The van der Waals surface area contributed by atoms with Crippen LogP contribution in [0.2, 0.25) is 0 Å². The van der Waals surface area contributed by atoms with Gasteiger partial charge < -0.3 is 19.9 Å². The second-order valence-corrected chi connectivity index (χ2v) is 12.4. The van der Waals surface area contributed by atoms with E-state index in [4.69, 9.17) is 4.74 Å². The van der Waals surface area contributed by atoms with Crippen molar-refractivity contribution in [3.63, 3.8) is 0 Å². The van der Waals surface area contributed by atoms with Crippen molar-refractivity contribution in [1.29, 1.82) is 0 Å². The van der Waals surface area contributed by atoms with Gasteiger partial charge in [0, 0.05) is 52.3 Å².